The predicted molar refractivity (Wildman–Crippen MR) is 83.6 cm³/mol. The minimum absolute atomic E-state index is 0.108. The lowest BCUT2D eigenvalue weighted by molar-refractivity contribution is -0.193. The van der Waals surface area contributed by atoms with Gasteiger partial charge < -0.3 is 4.90 Å². The second-order valence-electron chi connectivity index (χ2n) is 5.71. The number of hydroxylamine groups is 2. The van der Waals surface area contributed by atoms with Crippen molar-refractivity contribution in [3.63, 3.8) is 0 Å². The van der Waals surface area contributed by atoms with Gasteiger partial charge in [0.15, 0.2) is 0 Å². The molecule has 1 atom stereocenters. The van der Waals surface area contributed by atoms with Crippen molar-refractivity contribution in [2.75, 3.05) is 32.8 Å². The summed E-state index contributed by atoms with van der Waals surface area (Å²) < 4.78 is 13.5. The number of nitrogens with zero attached hydrogens (tertiary/aromatic N) is 2. The molecule has 1 heterocycles. The van der Waals surface area contributed by atoms with Crippen LogP contribution in [-0.4, -0.2) is 48.8 Å². The smallest absolute Gasteiger partial charge is 0.126 e. The lowest BCUT2D eigenvalue weighted by Crippen LogP contribution is -2.52. The van der Waals surface area contributed by atoms with Crippen LogP contribution in [0.15, 0.2) is 30.9 Å². The molecule has 0 N–H and O–H groups in total. The van der Waals surface area contributed by atoms with Gasteiger partial charge in [0.05, 0.1) is 6.61 Å². The SMILES string of the molecule is C=CCON1CCN(CCc2ccc(C)c(F)c2)C[C@H]1C. The monoisotopic (exact) mass is 292 g/mol. The second kappa shape index (κ2) is 7.69. The fourth-order valence-electron chi connectivity index (χ4n) is 2.64. The summed E-state index contributed by atoms with van der Waals surface area (Å²) in [5.41, 5.74) is 1.77. The van der Waals surface area contributed by atoms with Gasteiger partial charge in [0.25, 0.3) is 0 Å². The lowest BCUT2D eigenvalue weighted by Gasteiger charge is -2.38. The van der Waals surface area contributed by atoms with Crippen molar-refractivity contribution in [1.29, 1.82) is 0 Å². The van der Waals surface area contributed by atoms with E-state index in [4.69, 9.17) is 4.84 Å². The number of aryl methyl sites for hydroxylation is 1. The first-order valence-corrected chi connectivity index (χ1v) is 7.58. The molecule has 0 aliphatic carbocycles. The fourth-order valence-corrected chi connectivity index (χ4v) is 2.64. The molecule has 1 fully saturated rings. The third-order valence-corrected chi connectivity index (χ3v) is 3.96. The van der Waals surface area contributed by atoms with Gasteiger partial charge in [-0.25, -0.2) is 4.39 Å². The zero-order chi connectivity index (χ0) is 15.2. The summed E-state index contributed by atoms with van der Waals surface area (Å²) in [5.74, 6) is -0.108. The molecule has 116 valence electrons. The molecular formula is C17H25FN2O. The Kier molecular flexibility index (Phi) is 5.91. The Bertz CT molecular complexity index is 478. The standard InChI is InChI=1S/C17H25FN2O/c1-4-11-21-20-10-9-19(13-15(20)3)8-7-16-6-5-14(2)17(18)12-16/h4-6,12,15H,1,7-11,13H2,2-3H3/t15-/m1/s1. The van der Waals surface area contributed by atoms with Crippen LogP contribution in [0, 0.1) is 12.7 Å². The number of rotatable bonds is 6. The van der Waals surface area contributed by atoms with Crippen molar-refractivity contribution in [2.45, 2.75) is 26.3 Å². The van der Waals surface area contributed by atoms with Crippen molar-refractivity contribution >= 4 is 0 Å². The van der Waals surface area contributed by atoms with E-state index >= 15 is 0 Å². The molecule has 1 saturated heterocycles. The molecule has 0 saturated carbocycles. The van der Waals surface area contributed by atoms with E-state index in [0.29, 0.717) is 18.2 Å². The molecule has 1 aromatic carbocycles. The lowest BCUT2D eigenvalue weighted by atomic mass is 10.1. The average molecular weight is 292 g/mol. The van der Waals surface area contributed by atoms with Crippen LogP contribution in [0.4, 0.5) is 4.39 Å². The quantitative estimate of drug-likeness (QED) is 0.750. The summed E-state index contributed by atoms with van der Waals surface area (Å²) in [6.45, 7) is 12.0. The van der Waals surface area contributed by atoms with E-state index in [1.54, 1.807) is 19.1 Å². The summed E-state index contributed by atoms with van der Waals surface area (Å²) in [6.07, 6.45) is 2.66. The maximum Gasteiger partial charge on any atom is 0.126 e. The minimum Gasteiger partial charge on any atom is -0.300 e. The van der Waals surface area contributed by atoms with Gasteiger partial charge in [-0.3, -0.25) is 4.84 Å². The van der Waals surface area contributed by atoms with E-state index in [0.717, 1.165) is 38.2 Å². The number of hydrogen-bond acceptors (Lipinski definition) is 3. The highest BCUT2D eigenvalue weighted by atomic mass is 19.1. The van der Waals surface area contributed by atoms with E-state index in [1.165, 1.54) is 0 Å². The Morgan fingerprint density at radius 2 is 2.24 bits per heavy atom. The van der Waals surface area contributed by atoms with Crippen LogP contribution >= 0.6 is 0 Å². The Labute approximate surface area is 127 Å². The van der Waals surface area contributed by atoms with Crippen LogP contribution in [0.3, 0.4) is 0 Å². The Morgan fingerprint density at radius 1 is 1.43 bits per heavy atom. The Hall–Kier alpha value is -1.23. The highest BCUT2D eigenvalue weighted by Gasteiger charge is 2.23. The Morgan fingerprint density at radius 3 is 2.90 bits per heavy atom. The molecule has 0 radical (unpaired) electrons. The van der Waals surface area contributed by atoms with Gasteiger partial charge in [-0.1, -0.05) is 18.2 Å². The van der Waals surface area contributed by atoms with Crippen LogP contribution in [0.25, 0.3) is 0 Å². The molecule has 21 heavy (non-hydrogen) atoms. The molecule has 0 unspecified atom stereocenters. The minimum atomic E-state index is -0.108. The largest absolute Gasteiger partial charge is 0.300 e. The fraction of sp³-hybridized carbons (Fsp3) is 0.529. The maximum absolute atomic E-state index is 13.5. The first kappa shape index (κ1) is 16.1. The molecule has 1 aromatic rings. The van der Waals surface area contributed by atoms with E-state index in [-0.39, 0.29) is 5.82 Å². The topological polar surface area (TPSA) is 15.7 Å². The zero-order valence-corrected chi connectivity index (χ0v) is 13.0. The van der Waals surface area contributed by atoms with Gasteiger partial charge in [-0.05, 0) is 37.5 Å². The predicted octanol–water partition coefficient (Wildman–Crippen LogP) is 2.80. The summed E-state index contributed by atoms with van der Waals surface area (Å²) in [6, 6.07) is 5.90. The van der Waals surface area contributed by atoms with Gasteiger partial charge >= 0.3 is 0 Å². The summed E-state index contributed by atoms with van der Waals surface area (Å²) in [5, 5.41) is 2.03. The van der Waals surface area contributed by atoms with Crippen molar-refractivity contribution in [2.24, 2.45) is 0 Å². The molecule has 4 heteroatoms. The van der Waals surface area contributed by atoms with Crippen LogP contribution in [0.1, 0.15) is 18.1 Å². The van der Waals surface area contributed by atoms with Crippen molar-refractivity contribution in [3.05, 3.63) is 47.8 Å². The average Bonchev–Trinajstić information content (AvgIpc) is 2.47. The Balaban J connectivity index is 1.79. The van der Waals surface area contributed by atoms with Crippen molar-refractivity contribution in [1.82, 2.24) is 9.96 Å². The van der Waals surface area contributed by atoms with Crippen LogP contribution in [0.5, 0.6) is 0 Å². The molecule has 0 aromatic heterocycles. The molecule has 1 aliphatic rings. The highest BCUT2D eigenvalue weighted by Crippen LogP contribution is 2.13. The molecule has 0 bridgehead atoms. The van der Waals surface area contributed by atoms with E-state index in [1.807, 2.05) is 17.2 Å². The number of benzene rings is 1. The van der Waals surface area contributed by atoms with Gasteiger partial charge in [0.2, 0.25) is 0 Å². The van der Waals surface area contributed by atoms with Gasteiger partial charge in [0, 0.05) is 32.2 Å². The van der Waals surface area contributed by atoms with Gasteiger partial charge in [-0.15, -0.1) is 6.58 Å². The number of hydrogen-bond donors (Lipinski definition) is 0. The third kappa shape index (κ3) is 4.63. The summed E-state index contributed by atoms with van der Waals surface area (Å²) in [4.78, 5) is 8.04. The third-order valence-electron chi connectivity index (χ3n) is 3.96. The first-order chi connectivity index (χ1) is 10.1. The van der Waals surface area contributed by atoms with Crippen LogP contribution in [-0.2, 0) is 11.3 Å². The summed E-state index contributed by atoms with van der Waals surface area (Å²) in [7, 11) is 0. The second-order valence-corrected chi connectivity index (χ2v) is 5.71. The molecule has 2 rings (SSSR count). The molecule has 0 amide bonds. The molecular weight excluding hydrogens is 267 g/mol. The van der Waals surface area contributed by atoms with Gasteiger partial charge in [0.1, 0.15) is 5.82 Å². The molecule has 1 aliphatic heterocycles. The number of piperazine rings is 1. The van der Waals surface area contributed by atoms with Crippen LogP contribution in [0.2, 0.25) is 0 Å². The van der Waals surface area contributed by atoms with E-state index < -0.39 is 0 Å². The summed E-state index contributed by atoms with van der Waals surface area (Å²) >= 11 is 0. The highest BCUT2D eigenvalue weighted by molar-refractivity contribution is 5.23. The van der Waals surface area contributed by atoms with Crippen molar-refractivity contribution < 1.29 is 9.23 Å². The van der Waals surface area contributed by atoms with Crippen molar-refractivity contribution in [3.8, 4) is 0 Å². The maximum atomic E-state index is 13.5. The van der Waals surface area contributed by atoms with Gasteiger partial charge in [-0.2, -0.15) is 5.06 Å². The number of halogens is 1. The molecule has 0 spiro atoms. The zero-order valence-electron chi connectivity index (χ0n) is 13.0. The normalized spacial score (nSPS) is 20.6. The molecule has 3 nitrogen and oxygen atoms in total. The first-order valence-electron chi connectivity index (χ1n) is 7.58. The van der Waals surface area contributed by atoms with E-state index in [9.17, 15) is 4.39 Å². The van der Waals surface area contributed by atoms with E-state index in [2.05, 4.69) is 18.4 Å². The van der Waals surface area contributed by atoms with Crippen LogP contribution < -0.4 is 0 Å².